The Morgan fingerprint density at radius 1 is 1.33 bits per heavy atom. The summed E-state index contributed by atoms with van der Waals surface area (Å²) in [6.45, 7) is -0.470. The maximum atomic E-state index is 11.2. The molecule has 1 aromatic carbocycles. The minimum atomic E-state index is -0.668. The first-order chi connectivity index (χ1) is 8.45. The summed E-state index contributed by atoms with van der Waals surface area (Å²) >= 11 is 11.4. The van der Waals surface area contributed by atoms with Crippen LogP contribution in [-0.2, 0) is 9.53 Å². The molecule has 0 aliphatic heterocycles. The summed E-state index contributed by atoms with van der Waals surface area (Å²) in [7, 11) is 1.36. The molecular weight excluding hydrogens is 285 g/mol. The average molecular weight is 294 g/mol. The highest BCUT2D eigenvalue weighted by atomic mass is 35.5. The number of benzene rings is 1. The maximum absolute atomic E-state index is 11.2. The fourth-order valence-corrected chi connectivity index (χ4v) is 1.45. The number of nitro groups is 1. The van der Waals surface area contributed by atoms with Gasteiger partial charge in [0.25, 0.3) is 0 Å². The molecule has 0 radical (unpaired) electrons. The molecule has 0 heterocycles. The number of hydrogen-bond donors (Lipinski definition) is 0. The van der Waals surface area contributed by atoms with E-state index in [1.54, 1.807) is 0 Å². The van der Waals surface area contributed by atoms with Crippen LogP contribution in [0.25, 0.3) is 0 Å². The van der Waals surface area contributed by atoms with E-state index in [-0.39, 0.29) is 40.5 Å². The van der Waals surface area contributed by atoms with Crippen LogP contribution in [0.2, 0.25) is 10.0 Å². The third-order valence-electron chi connectivity index (χ3n) is 1.89. The third-order valence-corrected chi connectivity index (χ3v) is 2.61. The summed E-state index contributed by atoms with van der Waals surface area (Å²) in [5, 5.41) is 10.9. The van der Waals surface area contributed by atoms with E-state index in [2.05, 4.69) is 4.74 Å². The maximum Gasteiger partial charge on any atom is 0.312 e. The Labute approximate surface area is 113 Å². The van der Waals surface area contributed by atoms with Gasteiger partial charge in [0, 0.05) is 19.2 Å². The smallest absolute Gasteiger partial charge is 0.312 e. The fourth-order valence-electron chi connectivity index (χ4n) is 1.14. The molecule has 0 saturated heterocycles. The van der Waals surface area contributed by atoms with Gasteiger partial charge in [-0.15, -0.1) is 0 Å². The van der Waals surface area contributed by atoms with Crippen molar-refractivity contribution in [2.75, 3.05) is 20.3 Å². The number of ether oxygens (including phenoxy) is 2. The average Bonchev–Trinajstić information content (AvgIpc) is 2.30. The topological polar surface area (TPSA) is 78.7 Å². The number of nitrogens with zero attached hydrogens (tertiary/aromatic N) is 1. The lowest BCUT2D eigenvalue weighted by atomic mass is 10.3. The molecule has 0 aromatic heterocycles. The fraction of sp³-hybridized carbons (Fsp3) is 0.300. The second kappa shape index (κ2) is 6.53. The van der Waals surface area contributed by atoms with Crippen LogP contribution in [0, 0.1) is 10.1 Å². The number of nitro benzene ring substituents is 1. The number of methoxy groups -OCH3 is 1. The van der Waals surface area contributed by atoms with Crippen molar-refractivity contribution in [3.8, 4) is 5.75 Å². The molecule has 0 aliphatic rings. The van der Waals surface area contributed by atoms with Crippen LogP contribution in [0.4, 0.5) is 5.69 Å². The number of carbonyl (C=O) groups excluding carboxylic acids is 1. The van der Waals surface area contributed by atoms with Crippen molar-refractivity contribution in [1.82, 2.24) is 0 Å². The van der Waals surface area contributed by atoms with Crippen molar-refractivity contribution in [2.45, 2.75) is 0 Å². The lowest BCUT2D eigenvalue weighted by molar-refractivity contribution is -0.385. The van der Waals surface area contributed by atoms with Gasteiger partial charge in [-0.25, -0.2) is 0 Å². The second-order valence-corrected chi connectivity index (χ2v) is 4.07. The molecule has 18 heavy (non-hydrogen) atoms. The minimum Gasteiger partial charge on any atom is -0.479 e. The van der Waals surface area contributed by atoms with E-state index in [1.165, 1.54) is 13.2 Å². The predicted molar refractivity (Wildman–Crippen MR) is 65.5 cm³/mol. The van der Waals surface area contributed by atoms with Gasteiger partial charge < -0.3 is 9.47 Å². The van der Waals surface area contributed by atoms with Gasteiger partial charge >= 0.3 is 5.69 Å². The number of ketones is 1. The first kappa shape index (κ1) is 14.7. The first-order valence-electron chi connectivity index (χ1n) is 4.72. The molecule has 1 rings (SSSR count). The highest BCUT2D eigenvalue weighted by Crippen LogP contribution is 2.35. The van der Waals surface area contributed by atoms with Gasteiger partial charge in [0.05, 0.1) is 15.0 Å². The molecule has 0 N–H and O–H groups in total. The Hall–Kier alpha value is -1.37. The Morgan fingerprint density at radius 3 is 2.50 bits per heavy atom. The number of hydrogen-bond acceptors (Lipinski definition) is 5. The summed E-state index contributed by atoms with van der Waals surface area (Å²) in [5.41, 5.74) is -0.352. The summed E-state index contributed by atoms with van der Waals surface area (Å²) in [6, 6.07) is 2.27. The number of rotatable bonds is 6. The lowest BCUT2D eigenvalue weighted by Crippen LogP contribution is -2.16. The Bertz CT molecular complexity index is 478. The number of carbonyl (C=O) groups is 1. The highest BCUT2D eigenvalue weighted by Gasteiger charge is 2.19. The molecule has 6 nitrogen and oxygen atoms in total. The van der Waals surface area contributed by atoms with Crippen molar-refractivity contribution in [2.24, 2.45) is 0 Å². The third kappa shape index (κ3) is 3.83. The van der Waals surface area contributed by atoms with Gasteiger partial charge in [-0.05, 0) is 0 Å². The Morgan fingerprint density at radius 2 is 1.94 bits per heavy atom. The molecular formula is C10H9Cl2NO5. The number of Topliss-reactive ketones (excluding diaryl/α,β-unsaturated/α-hetero) is 1. The van der Waals surface area contributed by atoms with Gasteiger partial charge in [-0.1, -0.05) is 23.2 Å². The molecule has 8 heteroatoms. The van der Waals surface area contributed by atoms with Crippen molar-refractivity contribution < 1.29 is 19.2 Å². The van der Waals surface area contributed by atoms with E-state index in [0.717, 1.165) is 6.07 Å². The molecule has 0 atom stereocenters. The van der Waals surface area contributed by atoms with Crippen molar-refractivity contribution >= 4 is 34.7 Å². The van der Waals surface area contributed by atoms with E-state index in [9.17, 15) is 14.9 Å². The van der Waals surface area contributed by atoms with Crippen molar-refractivity contribution in [3.05, 3.63) is 32.3 Å². The Kier molecular flexibility index (Phi) is 5.33. The normalized spacial score (nSPS) is 10.2. The zero-order valence-corrected chi connectivity index (χ0v) is 10.8. The van der Waals surface area contributed by atoms with Crippen LogP contribution < -0.4 is 4.74 Å². The van der Waals surface area contributed by atoms with Crippen LogP contribution in [0.15, 0.2) is 12.1 Å². The molecule has 0 aliphatic carbocycles. The van der Waals surface area contributed by atoms with Gasteiger partial charge in [0.2, 0.25) is 0 Å². The van der Waals surface area contributed by atoms with E-state index in [0.29, 0.717) is 0 Å². The zero-order chi connectivity index (χ0) is 13.7. The van der Waals surface area contributed by atoms with Gasteiger partial charge in [-0.2, -0.15) is 0 Å². The lowest BCUT2D eigenvalue weighted by Gasteiger charge is -2.07. The molecule has 0 amide bonds. The largest absolute Gasteiger partial charge is 0.479 e. The highest BCUT2D eigenvalue weighted by molar-refractivity contribution is 6.42. The van der Waals surface area contributed by atoms with Crippen LogP contribution >= 0.6 is 23.2 Å². The quantitative estimate of drug-likeness (QED) is 0.595. The first-order valence-corrected chi connectivity index (χ1v) is 5.48. The monoisotopic (exact) mass is 293 g/mol. The van der Waals surface area contributed by atoms with Gasteiger partial charge in [0.1, 0.15) is 13.2 Å². The minimum absolute atomic E-state index is 0.0407. The number of halogens is 2. The van der Waals surface area contributed by atoms with E-state index in [1.807, 2.05) is 0 Å². The van der Waals surface area contributed by atoms with E-state index < -0.39 is 4.92 Å². The van der Waals surface area contributed by atoms with Crippen LogP contribution in [0.3, 0.4) is 0 Å². The molecule has 0 saturated carbocycles. The van der Waals surface area contributed by atoms with Crippen molar-refractivity contribution in [3.63, 3.8) is 0 Å². The standard InChI is InChI=1S/C10H9Cl2NO5/c1-17-4-6(14)5-18-10-3-8(12)7(11)2-9(10)13(15)16/h2-3H,4-5H2,1H3. The van der Waals surface area contributed by atoms with Crippen LogP contribution in [0.1, 0.15) is 0 Å². The summed E-state index contributed by atoms with van der Waals surface area (Å²) in [5.74, 6) is -0.461. The van der Waals surface area contributed by atoms with Crippen molar-refractivity contribution in [1.29, 1.82) is 0 Å². The van der Waals surface area contributed by atoms with Crippen LogP contribution in [-0.4, -0.2) is 31.0 Å². The summed E-state index contributed by atoms with van der Waals surface area (Å²) in [4.78, 5) is 21.3. The summed E-state index contributed by atoms with van der Waals surface area (Å²) < 4.78 is 9.64. The molecule has 0 fully saturated rings. The molecule has 0 bridgehead atoms. The molecule has 1 aromatic rings. The predicted octanol–water partition coefficient (Wildman–Crippen LogP) is 2.50. The van der Waals surface area contributed by atoms with E-state index >= 15 is 0 Å². The van der Waals surface area contributed by atoms with E-state index in [4.69, 9.17) is 27.9 Å². The zero-order valence-electron chi connectivity index (χ0n) is 9.31. The molecule has 0 spiro atoms. The molecule has 98 valence electrons. The van der Waals surface area contributed by atoms with Crippen LogP contribution in [0.5, 0.6) is 5.75 Å². The SMILES string of the molecule is COCC(=O)COc1cc(Cl)c(Cl)cc1[N+](=O)[O-]. The summed E-state index contributed by atoms with van der Waals surface area (Å²) in [6.07, 6.45) is 0. The second-order valence-electron chi connectivity index (χ2n) is 3.25. The van der Waals surface area contributed by atoms with Gasteiger partial charge in [0.15, 0.2) is 11.5 Å². The molecule has 0 unspecified atom stereocenters. The van der Waals surface area contributed by atoms with Gasteiger partial charge in [-0.3, -0.25) is 14.9 Å². The Balaban J connectivity index is 2.90.